The molecule has 0 bridgehead atoms. The van der Waals surface area contributed by atoms with Gasteiger partial charge >= 0.3 is 0 Å². The van der Waals surface area contributed by atoms with Crippen LogP contribution in [0.1, 0.15) is 13.3 Å². The molecule has 2 atom stereocenters. The SMILES string of the molecule is CS/C=C/C(=O)NC1CNCCC1C. The van der Waals surface area contributed by atoms with Gasteiger partial charge in [-0.15, -0.1) is 11.8 Å². The lowest BCUT2D eigenvalue weighted by Crippen LogP contribution is -2.49. The summed E-state index contributed by atoms with van der Waals surface area (Å²) >= 11 is 1.54. The van der Waals surface area contributed by atoms with Gasteiger partial charge in [-0.1, -0.05) is 6.92 Å². The second-order valence-corrected chi connectivity index (χ2v) is 4.37. The van der Waals surface area contributed by atoms with Crippen LogP contribution in [0.2, 0.25) is 0 Å². The third-order valence-corrected chi connectivity index (χ3v) is 2.92. The van der Waals surface area contributed by atoms with Gasteiger partial charge in [0.05, 0.1) is 0 Å². The Morgan fingerprint density at radius 1 is 1.64 bits per heavy atom. The minimum atomic E-state index is 0.0138. The molecule has 3 nitrogen and oxygen atoms in total. The quantitative estimate of drug-likeness (QED) is 0.688. The molecule has 0 aromatic rings. The molecular weight excluding hydrogens is 196 g/mol. The maximum atomic E-state index is 11.4. The van der Waals surface area contributed by atoms with Gasteiger partial charge in [0.25, 0.3) is 0 Å². The van der Waals surface area contributed by atoms with Crippen molar-refractivity contribution in [3.05, 3.63) is 11.5 Å². The van der Waals surface area contributed by atoms with E-state index in [1.54, 1.807) is 11.5 Å². The third kappa shape index (κ3) is 3.72. The van der Waals surface area contributed by atoms with Gasteiger partial charge in [0.15, 0.2) is 0 Å². The van der Waals surface area contributed by atoms with E-state index in [1.807, 2.05) is 6.26 Å². The molecule has 1 heterocycles. The molecule has 80 valence electrons. The van der Waals surface area contributed by atoms with Gasteiger partial charge in [0.2, 0.25) is 5.91 Å². The van der Waals surface area contributed by atoms with E-state index in [0.717, 1.165) is 19.5 Å². The van der Waals surface area contributed by atoms with Crippen molar-refractivity contribution in [1.82, 2.24) is 10.6 Å². The third-order valence-electron chi connectivity index (χ3n) is 2.51. The zero-order chi connectivity index (χ0) is 10.4. The average molecular weight is 214 g/mol. The highest BCUT2D eigenvalue weighted by Crippen LogP contribution is 2.10. The van der Waals surface area contributed by atoms with Crippen LogP contribution in [-0.4, -0.2) is 31.3 Å². The Bertz CT molecular complexity index is 218. The van der Waals surface area contributed by atoms with E-state index in [4.69, 9.17) is 0 Å². The maximum absolute atomic E-state index is 11.4. The van der Waals surface area contributed by atoms with Crippen LogP contribution in [0.25, 0.3) is 0 Å². The number of carbonyl (C=O) groups is 1. The average Bonchev–Trinajstić information content (AvgIpc) is 2.18. The lowest BCUT2D eigenvalue weighted by Gasteiger charge is -2.29. The van der Waals surface area contributed by atoms with Crippen molar-refractivity contribution in [1.29, 1.82) is 0 Å². The monoisotopic (exact) mass is 214 g/mol. The van der Waals surface area contributed by atoms with E-state index in [9.17, 15) is 4.79 Å². The van der Waals surface area contributed by atoms with Crippen LogP contribution in [0.5, 0.6) is 0 Å². The molecule has 14 heavy (non-hydrogen) atoms. The van der Waals surface area contributed by atoms with Crippen LogP contribution in [0.4, 0.5) is 0 Å². The molecule has 4 heteroatoms. The molecule has 0 aromatic heterocycles. The van der Waals surface area contributed by atoms with Crippen molar-refractivity contribution in [2.75, 3.05) is 19.3 Å². The fraction of sp³-hybridized carbons (Fsp3) is 0.700. The minimum absolute atomic E-state index is 0.0138. The van der Waals surface area contributed by atoms with Crippen LogP contribution < -0.4 is 10.6 Å². The van der Waals surface area contributed by atoms with Crippen LogP contribution in [0, 0.1) is 5.92 Å². The first kappa shape index (κ1) is 11.6. The maximum Gasteiger partial charge on any atom is 0.244 e. The highest BCUT2D eigenvalue weighted by Gasteiger charge is 2.21. The van der Waals surface area contributed by atoms with Gasteiger partial charge in [-0.25, -0.2) is 0 Å². The van der Waals surface area contributed by atoms with E-state index in [0.29, 0.717) is 5.92 Å². The number of piperidine rings is 1. The first-order valence-electron chi connectivity index (χ1n) is 4.94. The van der Waals surface area contributed by atoms with Crippen molar-refractivity contribution in [2.24, 2.45) is 5.92 Å². The Morgan fingerprint density at radius 2 is 2.43 bits per heavy atom. The first-order chi connectivity index (χ1) is 6.74. The standard InChI is InChI=1S/C10H18N2OS/c1-8-3-5-11-7-9(8)12-10(13)4-6-14-2/h4,6,8-9,11H,3,5,7H2,1-2H3,(H,12,13)/b6-4+. The summed E-state index contributed by atoms with van der Waals surface area (Å²) in [5.41, 5.74) is 0. The molecule has 1 aliphatic heterocycles. The molecule has 0 spiro atoms. The molecule has 1 aliphatic rings. The van der Waals surface area contributed by atoms with Crippen molar-refractivity contribution in [3.8, 4) is 0 Å². The molecule has 1 fully saturated rings. The molecule has 0 aromatic carbocycles. The van der Waals surface area contributed by atoms with Crippen molar-refractivity contribution in [3.63, 3.8) is 0 Å². The fourth-order valence-electron chi connectivity index (χ4n) is 1.54. The van der Waals surface area contributed by atoms with Crippen molar-refractivity contribution < 1.29 is 4.79 Å². The number of nitrogens with one attached hydrogen (secondary N) is 2. The van der Waals surface area contributed by atoms with Gasteiger partial charge in [-0.05, 0) is 30.5 Å². The van der Waals surface area contributed by atoms with Crippen LogP contribution in [-0.2, 0) is 4.79 Å². The first-order valence-corrected chi connectivity index (χ1v) is 6.23. The molecule has 1 rings (SSSR count). The van der Waals surface area contributed by atoms with Gasteiger partial charge in [0, 0.05) is 18.7 Å². The molecule has 2 unspecified atom stereocenters. The lowest BCUT2D eigenvalue weighted by atomic mass is 9.95. The summed E-state index contributed by atoms with van der Waals surface area (Å²) in [5.74, 6) is 0.586. The zero-order valence-corrected chi connectivity index (χ0v) is 9.56. The van der Waals surface area contributed by atoms with E-state index in [1.165, 1.54) is 11.8 Å². The van der Waals surface area contributed by atoms with E-state index in [-0.39, 0.29) is 11.9 Å². The Hall–Kier alpha value is -0.480. The fourth-order valence-corrected chi connectivity index (χ4v) is 1.80. The molecular formula is C10H18N2OS. The minimum Gasteiger partial charge on any atom is -0.348 e. The van der Waals surface area contributed by atoms with Crippen molar-refractivity contribution >= 4 is 17.7 Å². The van der Waals surface area contributed by atoms with Crippen LogP contribution in [0.15, 0.2) is 11.5 Å². The summed E-state index contributed by atoms with van der Waals surface area (Å²) in [7, 11) is 0. The number of thioether (sulfide) groups is 1. The highest BCUT2D eigenvalue weighted by molar-refractivity contribution is 8.01. The molecule has 0 aliphatic carbocycles. The van der Waals surface area contributed by atoms with Crippen molar-refractivity contribution in [2.45, 2.75) is 19.4 Å². The summed E-state index contributed by atoms with van der Waals surface area (Å²) in [4.78, 5) is 11.4. The smallest absolute Gasteiger partial charge is 0.244 e. The largest absolute Gasteiger partial charge is 0.348 e. The number of rotatable bonds is 3. The molecule has 0 radical (unpaired) electrons. The molecule has 0 saturated carbocycles. The summed E-state index contributed by atoms with van der Waals surface area (Å²) in [6.45, 7) is 4.14. The number of carbonyl (C=O) groups excluding carboxylic acids is 1. The number of amides is 1. The zero-order valence-electron chi connectivity index (χ0n) is 8.75. The molecule has 1 saturated heterocycles. The summed E-state index contributed by atoms with van der Waals surface area (Å²) in [6.07, 6.45) is 4.66. The van der Waals surface area contributed by atoms with E-state index >= 15 is 0 Å². The number of hydrogen-bond acceptors (Lipinski definition) is 3. The van der Waals surface area contributed by atoms with Gasteiger partial charge < -0.3 is 10.6 Å². The van der Waals surface area contributed by atoms with E-state index in [2.05, 4.69) is 17.6 Å². The topological polar surface area (TPSA) is 41.1 Å². The Kier molecular flexibility index (Phi) is 5.04. The second kappa shape index (κ2) is 6.09. The van der Waals surface area contributed by atoms with Crippen LogP contribution >= 0.6 is 11.8 Å². The van der Waals surface area contributed by atoms with Gasteiger partial charge in [-0.3, -0.25) is 4.79 Å². The molecule has 1 amide bonds. The lowest BCUT2D eigenvalue weighted by molar-refractivity contribution is -0.117. The second-order valence-electron chi connectivity index (χ2n) is 3.62. The van der Waals surface area contributed by atoms with Crippen LogP contribution in [0.3, 0.4) is 0 Å². The predicted octanol–water partition coefficient (Wildman–Crippen LogP) is 0.977. The summed E-state index contributed by atoms with van der Waals surface area (Å²) in [5, 5.41) is 8.09. The predicted molar refractivity (Wildman–Crippen MR) is 61.2 cm³/mol. The summed E-state index contributed by atoms with van der Waals surface area (Å²) < 4.78 is 0. The Labute approximate surface area is 89.7 Å². The van der Waals surface area contributed by atoms with E-state index < -0.39 is 0 Å². The highest BCUT2D eigenvalue weighted by atomic mass is 32.2. The summed E-state index contributed by atoms with van der Waals surface area (Å²) in [6, 6.07) is 0.280. The number of hydrogen-bond donors (Lipinski definition) is 2. The van der Waals surface area contributed by atoms with Gasteiger partial charge in [-0.2, -0.15) is 0 Å². The molecule has 2 N–H and O–H groups in total. The Morgan fingerprint density at radius 3 is 3.07 bits per heavy atom. The Balaban J connectivity index is 2.34. The van der Waals surface area contributed by atoms with Gasteiger partial charge in [0.1, 0.15) is 0 Å². The normalized spacial score (nSPS) is 27.9.